The van der Waals surface area contributed by atoms with Gasteiger partial charge < -0.3 is 4.74 Å². The minimum atomic E-state index is 0.750. The van der Waals surface area contributed by atoms with E-state index in [0.717, 1.165) is 48.2 Å². The van der Waals surface area contributed by atoms with E-state index in [9.17, 15) is 0 Å². The van der Waals surface area contributed by atoms with Crippen LogP contribution in [0, 0.1) is 0 Å². The molecule has 0 spiro atoms. The summed E-state index contributed by atoms with van der Waals surface area (Å²) in [6.07, 6.45) is 11.5. The molecule has 0 N–H and O–H groups in total. The molecule has 4 heteroatoms. The van der Waals surface area contributed by atoms with Gasteiger partial charge in [0.25, 0.3) is 0 Å². The molecule has 3 nitrogen and oxygen atoms in total. The van der Waals surface area contributed by atoms with Crippen LogP contribution in [0.3, 0.4) is 0 Å². The van der Waals surface area contributed by atoms with Crippen molar-refractivity contribution < 1.29 is 4.74 Å². The fourth-order valence-corrected chi connectivity index (χ4v) is 3.76. The predicted molar refractivity (Wildman–Crippen MR) is 124 cm³/mol. The van der Waals surface area contributed by atoms with Gasteiger partial charge in [-0.3, -0.25) is 5.01 Å². The van der Waals surface area contributed by atoms with Crippen molar-refractivity contribution in [2.24, 2.45) is 5.10 Å². The van der Waals surface area contributed by atoms with E-state index in [1.165, 1.54) is 50.5 Å². The Morgan fingerprint density at radius 3 is 2.21 bits per heavy atom. The van der Waals surface area contributed by atoms with Crippen LogP contribution >= 0.6 is 11.6 Å². The van der Waals surface area contributed by atoms with Gasteiger partial charge in [0.2, 0.25) is 0 Å². The summed E-state index contributed by atoms with van der Waals surface area (Å²) in [7, 11) is 0. The molecule has 1 heterocycles. The van der Waals surface area contributed by atoms with Crippen LogP contribution in [0.15, 0.2) is 53.6 Å². The number of anilines is 1. The molecule has 0 amide bonds. The summed E-state index contributed by atoms with van der Waals surface area (Å²) in [5, 5.41) is 7.57. The lowest BCUT2D eigenvalue weighted by molar-refractivity contribution is 0.304. The number of hydrogen-bond acceptors (Lipinski definition) is 3. The van der Waals surface area contributed by atoms with E-state index in [-0.39, 0.29) is 0 Å². The zero-order valence-electron chi connectivity index (χ0n) is 17.6. The van der Waals surface area contributed by atoms with Crippen LogP contribution in [0.25, 0.3) is 0 Å². The molecule has 156 valence electrons. The van der Waals surface area contributed by atoms with E-state index in [4.69, 9.17) is 21.4 Å². The average Bonchev–Trinajstić information content (AvgIpc) is 3.24. The minimum absolute atomic E-state index is 0.750. The van der Waals surface area contributed by atoms with Crippen molar-refractivity contribution in [3.63, 3.8) is 0 Å². The van der Waals surface area contributed by atoms with Gasteiger partial charge in [-0.15, -0.1) is 0 Å². The highest BCUT2D eigenvalue weighted by atomic mass is 35.5. The van der Waals surface area contributed by atoms with Crippen molar-refractivity contribution in [3.05, 3.63) is 59.1 Å². The maximum atomic E-state index is 5.98. The standard InChI is InChI=1S/C25H33ClN2O/c1-2-3-4-5-6-7-8-9-20-29-24-16-10-21(11-17-24)25-18-19-28(27-25)23-14-12-22(26)13-15-23/h10-17H,2-9,18-20H2,1H3. The van der Waals surface area contributed by atoms with Crippen molar-refractivity contribution in [1.29, 1.82) is 0 Å². The maximum Gasteiger partial charge on any atom is 0.119 e. The Bertz CT molecular complexity index is 755. The highest BCUT2D eigenvalue weighted by molar-refractivity contribution is 6.30. The van der Waals surface area contributed by atoms with Gasteiger partial charge in [-0.2, -0.15) is 5.10 Å². The zero-order chi connectivity index (χ0) is 20.3. The first kappa shape index (κ1) is 21.7. The summed E-state index contributed by atoms with van der Waals surface area (Å²) in [6, 6.07) is 16.2. The van der Waals surface area contributed by atoms with Crippen LogP contribution < -0.4 is 9.75 Å². The van der Waals surface area contributed by atoms with Crippen LogP contribution in [0.2, 0.25) is 5.02 Å². The Hall–Kier alpha value is -2.00. The number of ether oxygens (including phenoxy) is 1. The molecular weight excluding hydrogens is 380 g/mol. The Kier molecular flexibility index (Phi) is 8.88. The highest BCUT2D eigenvalue weighted by Gasteiger charge is 2.17. The Balaban J connectivity index is 1.39. The highest BCUT2D eigenvalue weighted by Crippen LogP contribution is 2.24. The number of benzene rings is 2. The second kappa shape index (κ2) is 11.9. The van der Waals surface area contributed by atoms with Gasteiger partial charge in [0.15, 0.2) is 0 Å². The van der Waals surface area contributed by atoms with Crippen LogP contribution in [0.1, 0.15) is 70.3 Å². The fourth-order valence-electron chi connectivity index (χ4n) is 3.63. The molecule has 3 rings (SSSR count). The van der Waals surface area contributed by atoms with Gasteiger partial charge in [-0.25, -0.2) is 0 Å². The normalized spacial score (nSPS) is 13.6. The molecule has 2 aromatic rings. The zero-order valence-corrected chi connectivity index (χ0v) is 18.3. The Morgan fingerprint density at radius 1 is 0.862 bits per heavy atom. The number of halogens is 1. The summed E-state index contributed by atoms with van der Waals surface area (Å²) in [5.41, 5.74) is 3.37. The number of hydrogen-bond donors (Lipinski definition) is 0. The smallest absolute Gasteiger partial charge is 0.119 e. The third-order valence-electron chi connectivity index (χ3n) is 5.38. The number of unbranched alkanes of at least 4 members (excludes halogenated alkanes) is 7. The molecule has 0 aliphatic carbocycles. The Labute approximate surface area is 180 Å². The molecule has 0 unspecified atom stereocenters. The molecule has 2 aromatic carbocycles. The van der Waals surface area contributed by atoms with Crippen LogP contribution in [0.5, 0.6) is 5.75 Å². The predicted octanol–water partition coefficient (Wildman–Crippen LogP) is 7.47. The van der Waals surface area contributed by atoms with Crippen molar-refractivity contribution in [2.45, 2.75) is 64.7 Å². The first-order valence-electron chi connectivity index (χ1n) is 11.1. The maximum absolute atomic E-state index is 5.98. The van der Waals surface area contributed by atoms with Gasteiger partial charge in [-0.05, 0) is 60.5 Å². The van der Waals surface area contributed by atoms with Gasteiger partial charge in [0.05, 0.1) is 18.0 Å². The van der Waals surface area contributed by atoms with E-state index >= 15 is 0 Å². The lowest BCUT2D eigenvalue weighted by Gasteiger charge is -2.13. The molecule has 0 fully saturated rings. The summed E-state index contributed by atoms with van der Waals surface area (Å²) in [5.74, 6) is 0.949. The van der Waals surface area contributed by atoms with E-state index < -0.39 is 0 Å². The summed E-state index contributed by atoms with van der Waals surface area (Å²) < 4.78 is 5.91. The molecule has 0 saturated carbocycles. The molecule has 1 aliphatic rings. The van der Waals surface area contributed by atoms with Crippen molar-refractivity contribution in [1.82, 2.24) is 0 Å². The van der Waals surface area contributed by atoms with Crippen LogP contribution in [-0.2, 0) is 0 Å². The largest absolute Gasteiger partial charge is 0.494 e. The van der Waals surface area contributed by atoms with Gasteiger partial charge in [-0.1, -0.05) is 63.5 Å². The molecular formula is C25H33ClN2O. The van der Waals surface area contributed by atoms with E-state index in [1.54, 1.807) is 0 Å². The van der Waals surface area contributed by atoms with E-state index in [2.05, 4.69) is 31.2 Å². The van der Waals surface area contributed by atoms with Gasteiger partial charge >= 0.3 is 0 Å². The van der Waals surface area contributed by atoms with Crippen molar-refractivity contribution >= 4 is 23.0 Å². The number of nitrogens with zero attached hydrogens (tertiary/aromatic N) is 2. The number of rotatable bonds is 12. The molecule has 29 heavy (non-hydrogen) atoms. The van der Waals surface area contributed by atoms with Crippen molar-refractivity contribution in [2.75, 3.05) is 18.2 Å². The summed E-state index contributed by atoms with van der Waals surface area (Å²) in [4.78, 5) is 0. The topological polar surface area (TPSA) is 24.8 Å². The van der Waals surface area contributed by atoms with Crippen LogP contribution in [-0.4, -0.2) is 18.9 Å². The lowest BCUT2D eigenvalue weighted by atomic mass is 10.1. The molecule has 0 atom stereocenters. The number of hydrazone groups is 1. The molecule has 1 aliphatic heterocycles. The van der Waals surface area contributed by atoms with Crippen LogP contribution in [0.4, 0.5) is 5.69 Å². The molecule has 0 bridgehead atoms. The Morgan fingerprint density at radius 2 is 1.52 bits per heavy atom. The third-order valence-corrected chi connectivity index (χ3v) is 5.63. The van der Waals surface area contributed by atoms with Gasteiger partial charge in [0, 0.05) is 18.0 Å². The molecule has 0 aromatic heterocycles. The molecule has 0 radical (unpaired) electrons. The second-order valence-electron chi connectivity index (χ2n) is 7.74. The first-order valence-corrected chi connectivity index (χ1v) is 11.5. The van der Waals surface area contributed by atoms with E-state index in [1.807, 2.05) is 29.3 Å². The molecule has 0 saturated heterocycles. The SMILES string of the molecule is CCCCCCCCCCOc1ccc(C2=NN(c3ccc(Cl)cc3)CC2)cc1. The lowest BCUT2D eigenvalue weighted by Crippen LogP contribution is -2.11. The first-order chi connectivity index (χ1) is 14.3. The quantitative estimate of drug-likeness (QED) is 0.337. The summed E-state index contributed by atoms with van der Waals surface area (Å²) in [6.45, 7) is 3.97. The monoisotopic (exact) mass is 412 g/mol. The fraction of sp³-hybridized carbons (Fsp3) is 0.480. The average molecular weight is 413 g/mol. The van der Waals surface area contributed by atoms with Crippen molar-refractivity contribution in [3.8, 4) is 5.75 Å². The minimum Gasteiger partial charge on any atom is -0.494 e. The van der Waals surface area contributed by atoms with E-state index in [0.29, 0.717) is 0 Å². The van der Waals surface area contributed by atoms with Gasteiger partial charge in [0.1, 0.15) is 5.75 Å². The summed E-state index contributed by atoms with van der Waals surface area (Å²) >= 11 is 5.98. The third kappa shape index (κ3) is 7.08. The second-order valence-corrected chi connectivity index (χ2v) is 8.18.